The summed E-state index contributed by atoms with van der Waals surface area (Å²) in [6.07, 6.45) is 3.02. The van der Waals surface area contributed by atoms with Gasteiger partial charge in [0.05, 0.1) is 11.8 Å². The van der Waals surface area contributed by atoms with Crippen LogP contribution in [0.1, 0.15) is 22.8 Å². The summed E-state index contributed by atoms with van der Waals surface area (Å²) in [6, 6.07) is 3.08. The van der Waals surface area contributed by atoms with Crippen LogP contribution in [0, 0.1) is 0 Å². The van der Waals surface area contributed by atoms with E-state index in [1.807, 2.05) is 0 Å². The molecule has 2 rings (SSSR count). The number of hydrogen-bond acceptors (Lipinski definition) is 5. The highest BCUT2D eigenvalue weighted by Crippen LogP contribution is 2.32. The zero-order chi connectivity index (χ0) is 13.1. The van der Waals surface area contributed by atoms with Gasteiger partial charge in [0.25, 0.3) is 5.22 Å². The minimum Gasteiger partial charge on any atom is -0.507 e. The fourth-order valence-corrected chi connectivity index (χ4v) is 2.45. The molecular weight excluding hydrogens is 274 g/mol. The number of carbonyl (C=O) groups is 1. The summed E-state index contributed by atoms with van der Waals surface area (Å²) < 4.78 is 5.07. The van der Waals surface area contributed by atoms with Crippen LogP contribution in [0.15, 0.2) is 34.2 Å². The summed E-state index contributed by atoms with van der Waals surface area (Å²) in [5, 5.41) is 10.9. The normalized spacial score (nSPS) is 10.6. The van der Waals surface area contributed by atoms with Crippen LogP contribution in [-0.4, -0.2) is 15.9 Å². The topological polar surface area (TPSA) is 63.3 Å². The molecule has 1 aromatic carbocycles. The van der Waals surface area contributed by atoms with E-state index in [0.717, 1.165) is 0 Å². The van der Waals surface area contributed by atoms with Crippen LogP contribution >= 0.6 is 23.4 Å². The predicted molar refractivity (Wildman–Crippen MR) is 69.2 cm³/mol. The number of aromatic nitrogens is 1. The first-order valence-corrected chi connectivity index (χ1v) is 6.49. The Bertz CT molecular complexity index is 569. The van der Waals surface area contributed by atoms with Gasteiger partial charge in [0.2, 0.25) is 0 Å². The largest absolute Gasteiger partial charge is 0.507 e. The van der Waals surface area contributed by atoms with Crippen LogP contribution in [0.4, 0.5) is 0 Å². The Kier molecular flexibility index (Phi) is 3.93. The van der Waals surface area contributed by atoms with Gasteiger partial charge >= 0.3 is 0 Å². The highest BCUT2D eigenvalue weighted by molar-refractivity contribution is 7.98. The minimum absolute atomic E-state index is 0.0362. The average molecular weight is 284 g/mol. The maximum absolute atomic E-state index is 11.3. The van der Waals surface area contributed by atoms with Crippen LogP contribution in [0.25, 0.3) is 0 Å². The van der Waals surface area contributed by atoms with Crippen molar-refractivity contribution in [2.75, 3.05) is 0 Å². The molecule has 0 saturated heterocycles. The Balaban J connectivity index is 2.24. The highest BCUT2D eigenvalue weighted by atomic mass is 35.5. The number of hydrogen-bond donors (Lipinski definition) is 1. The third-order valence-electron chi connectivity index (χ3n) is 2.29. The molecular formula is C12H10ClNO3S. The third-order valence-corrected chi connectivity index (χ3v) is 3.42. The van der Waals surface area contributed by atoms with Gasteiger partial charge in [-0.2, -0.15) is 0 Å². The third kappa shape index (κ3) is 2.86. The van der Waals surface area contributed by atoms with Crippen LogP contribution in [0.2, 0.25) is 5.02 Å². The monoisotopic (exact) mass is 283 g/mol. The van der Waals surface area contributed by atoms with Crippen molar-refractivity contribution in [3.63, 3.8) is 0 Å². The van der Waals surface area contributed by atoms with Crippen molar-refractivity contribution >= 4 is 29.1 Å². The Hall–Kier alpha value is -1.46. The Morgan fingerprint density at radius 2 is 2.33 bits per heavy atom. The Morgan fingerprint density at radius 3 is 2.94 bits per heavy atom. The number of phenolic OH excluding ortho intramolecular Hbond substituents is 1. The second-order valence-electron chi connectivity index (χ2n) is 3.60. The summed E-state index contributed by atoms with van der Waals surface area (Å²) in [7, 11) is 0. The molecule has 0 fully saturated rings. The van der Waals surface area contributed by atoms with Gasteiger partial charge in [-0.1, -0.05) is 23.4 Å². The van der Waals surface area contributed by atoms with Gasteiger partial charge in [0.15, 0.2) is 5.78 Å². The number of halogens is 1. The van der Waals surface area contributed by atoms with Crippen LogP contribution in [0.5, 0.6) is 5.75 Å². The number of rotatable bonds is 4. The quantitative estimate of drug-likeness (QED) is 0.687. The van der Waals surface area contributed by atoms with E-state index < -0.39 is 0 Å². The SMILES string of the molecule is CC(=O)c1cc(Cl)cc(CSc2ncco2)c1O. The summed E-state index contributed by atoms with van der Waals surface area (Å²) in [6.45, 7) is 1.39. The molecule has 0 unspecified atom stereocenters. The number of nitrogens with zero attached hydrogens (tertiary/aromatic N) is 1. The summed E-state index contributed by atoms with van der Waals surface area (Å²) in [4.78, 5) is 15.3. The van der Waals surface area contributed by atoms with Gasteiger partial charge in [-0.05, 0) is 19.1 Å². The lowest BCUT2D eigenvalue weighted by atomic mass is 10.1. The molecule has 0 atom stereocenters. The Labute approximate surface area is 113 Å². The number of carbonyl (C=O) groups excluding carboxylic acids is 1. The fourth-order valence-electron chi connectivity index (χ4n) is 1.46. The molecule has 1 N–H and O–H groups in total. The molecule has 2 aromatic rings. The summed E-state index contributed by atoms with van der Waals surface area (Å²) in [5.41, 5.74) is 0.807. The molecule has 4 nitrogen and oxygen atoms in total. The molecule has 0 bridgehead atoms. The van der Waals surface area contributed by atoms with E-state index in [1.165, 1.54) is 31.0 Å². The molecule has 1 heterocycles. The van der Waals surface area contributed by atoms with E-state index >= 15 is 0 Å². The lowest BCUT2D eigenvalue weighted by Gasteiger charge is -2.07. The second kappa shape index (κ2) is 5.46. The fraction of sp³-hybridized carbons (Fsp3) is 0.167. The Morgan fingerprint density at radius 1 is 1.56 bits per heavy atom. The van der Waals surface area contributed by atoms with E-state index in [4.69, 9.17) is 16.0 Å². The van der Waals surface area contributed by atoms with E-state index in [2.05, 4.69) is 4.98 Å². The maximum atomic E-state index is 11.3. The number of phenols is 1. The molecule has 0 aliphatic rings. The summed E-state index contributed by atoms with van der Waals surface area (Å²) in [5.74, 6) is 0.163. The van der Waals surface area contributed by atoms with Crippen molar-refractivity contribution < 1.29 is 14.3 Å². The molecule has 18 heavy (non-hydrogen) atoms. The average Bonchev–Trinajstić information content (AvgIpc) is 2.82. The smallest absolute Gasteiger partial charge is 0.255 e. The van der Waals surface area contributed by atoms with Crippen molar-refractivity contribution in [1.29, 1.82) is 0 Å². The highest BCUT2D eigenvalue weighted by Gasteiger charge is 2.13. The molecule has 6 heteroatoms. The van der Waals surface area contributed by atoms with Gasteiger partial charge < -0.3 is 9.52 Å². The standard InChI is InChI=1S/C12H10ClNO3S/c1-7(15)10-5-9(13)4-8(11(10)16)6-18-12-14-2-3-17-12/h2-5,16H,6H2,1H3. The number of oxazole rings is 1. The number of benzene rings is 1. The molecule has 0 radical (unpaired) electrons. The maximum Gasteiger partial charge on any atom is 0.255 e. The van der Waals surface area contributed by atoms with Gasteiger partial charge in [-0.3, -0.25) is 4.79 Å². The van der Waals surface area contributed by atoms with Crippen LogP contribution < -0.4 is 0 Å². The van der Waals surface area contributed by atoms with Crippen molar-refractivity contribution in [3.8, 4) is 5.75 Å². The van der Waals surface area contributed by atoms with E-state index in [-0.39, 0.29) is 17.1 Å². The lowest BCUT2D eigenvalue weighted by molar-refractivity contribution is 0.101. The molecule has 1 aromatic heterocycles. The van der Waals surface area contributed by atoms with E-state index in [0.29, 0.717) is 21.6 Å². The van der Waals surface area contributed by atoms with Crippen molar-refractivity contribution in [2.24, 2.45) is 0 Å². The summed E-state index contributed by atoms with van der Waals surface area (Å²) >= 11 is 7.23. The first-order valence-electron chi connectivity index (χ1n) is 5.12. The molecule has 0 spiro atoms. The molecule has 94 valence electrons. The second-order valence-corrected chi connectivity index (χ2v) is 4.97. The molecule has 0 aliphatic carbocycles. The lowest BCUT2D eigenvalue weighted by Crippen LogP contribution is -1.96. The van der Waals surface area contributed by atoms with E-state index in [1.54, 1.807) is 12.3 Å². The molecule has 0 saturated carbocycles. The van der Waals surface area contributed by atoms with Crippen molar-refractivity contribution in [3.05, 3.63) is 40.7 Å². The first-order chi connectivity index (χ1) is 8.58. The van der Waals surface area contributed by atoms with E-state index in [9.17, 15) is 9.90 Å². The van der Waals surface area contributed by atoms with Crippen molar-refractivity contribution in [1.82, 2.24) is 4.98 Å². The first kappa shape index (κ1) is 13.0. The van der Waals surface area contributed by atoms with Crippen LogP contribution in [0.3, 0.4) is 0 Å². The van der Waals surface area contributed by atoms with Crippen LogP contribution in [-0.2, 0) is 5.75 Å². The van der Waals surface area contributed by atoms with Crippen molar-refractivity contribution in [2.45, 2.75) is 17.9 Å². The zero-order valence-corrected chi connectivity index (χ0v) is 11.1. The minimum atomic E-state index is -0.225. The molecule has 0 aliphatic heterocycles. The number of aromatic hydroxyl groups is 1. The number of ketones is 1. The number of thioether (sulfide) groups is 1. The van der Waals surface area contributed by atoms with Gasteiger partial charge in [-0.15, -0.1) is 0 Å². The number of Topliss-reactive ketones (excluding diaryl/α,β-unsaturated/α-hetero) is 1. The van der Waals surface area contributed by atoms with Gasteiger partial charge in [-0.25, -0.2) is 4.98 Å². The zero-order valence-electron chi connectivity index (χ0n) is 9.51. The van der Waals surface area contributed by atoms with Gasteiger partial charge in [0, 0.05) is 16.3 Å². The molecule has 0 amide bonds. The predicted octanol–water partition coefficient (Wildman–Crippen LogP) is 3.53. The van der Waals surface area contributed by atoms with Gasteiger partial charge in [0.1, 0.15) is 12.0 Å².